The quantitative estimate of drug-likeness (QED) is 0.292. The van der Waals surface area contributed by atoms with E-state index in [0.717, 1.165) is 6.42 Å². The second kappa shape index (κ2) is 7.65. The van der Waals surface area contributed by atoms with Crippen molar-refractivity contribution in [3.05, 3.63) is 118 Å². The molecule has 3 aliphatic carbocycles. The van der Waals surface area contributed by atoms with E-state index in [2.05, 4.69) is 92.8 Å². The molecule has 28 heavy (non-hydrogen) atoms. The Morgan fingerprint density at radius 3 is 2.79 bits per heavy atom. The van der Waals surface area contributed by atoms with Crippen molar-refractivity contribution in [1.29, 1.82) is 0 Å². The van der Waals surface area contributed by atoms with Gasteiger partial charge in [0.05, 0.1) is 0 Å². The maximum Gasteiger partial charge on any atom is 0.0211 e. The predicted molar refractivity (Wildman–Crippen MR) is 114 cm³/mol. The fourth-order valence-electron chi connectivity index (χ4n) is 4.55. The molecule has 0 fully saturated rings. The van der Waals surface area contributed by atoms with Crippen LogP contribution in [0.4, 0.5) is 0 Å². The molecular weight excluding hydrogens is 390 g/mol. The van der Waals surface area contributed by atoms with Crippen LogP contribution in [-0.4, -0.2) is 0 Å². The Morgan fingerprint density at radius 1 is 1.14 bits per heavy atom. The van der Waals surface area contributed by atoms with Gasteiger partial charge in [0.25, 0.3) is 0 Å². The molecule has 0 aromatic heterocycles. The maximum absolute atomic E-state index is 3.19. The first-order valence-corrected chi connectivity index (χ1v) is 9.80. The van der Waals surface area contributed by atoms with Crippen LogP contribution in [0.5, 0.6) is 0 Å². The molecule has 3 aliphatic rings. The van der Waals surface area contributed by atoms with Gasteiger partial charge in [-0.05, 0) is 46.8 Å². The first-order valence-electron chi connectivity index (χ1n) is 9.80. The average Bonchev–Trinajstić information content (AvgIpc) is 3.51. The van der Waals surface area contributed by atoms with E-state index in [-0.39, 0.29) is 19.5 Å². The van der Waals surface area contributed by atoms with Crippen LogP contribution < -0.4 is 0 Å². The van der Waals surface area contributed by atoms with Crippen LogP contribution in [0.15, 0.2) is 95.6 Å². The van der Waals surface area contributed by atoms with Crippen molar-refractivity contribution in [3.8, 4) is 0 Å². The Bertz CT molecular complexity index is 1060. The molecule has 0 spiro atoms. The largest absolute Gasteiger partial charge is 0.183 e. The Morgan fingerprint density at radius 2 is 2.00 bits per heavy atom. The third-order valence-corrected chi connectivity index (χ3v) is 6.03. The SMILES string of the molecule is C/C=C(\C=C(/C)c1c[c-]ccc1)[C@H]1CC2=C(C3=CC3C=C2)c2ccccc21.[Zn]. The van der Waals surface area contributed by atoms with Gasteiger partial charge in [0, 0.05) is 31.3 Å². The van der Waals surface area contributed by atoms with Crippen molar-refractivity contribution in [1.82, 2.24) is 0 Å². The monoisotopic (exact) mass is 411 g/mol. The normalized spacial score (nSPS) is 22.6. The van der Waals surface area contributed by atoms with Gasteiger partial charge in [-0.15, -0.1) is 5.56 Å². The first kappa shape index (κ1) is 19.1. The second-order valence-corrected chi connectivity index (χ2v) is 7.66. The topological polar surface area (TPSA) is 0 Å². The van der Waals surface area contributed by atoms with Gasteiger partial charge in [-0.25, -0.2) is 0 Å². The summed E-state index contributed by atoms with van der Waals surface area (Å²) in [5.41, 5.74) is 11.4. The number of benzene rings is 2. The minimum atomic E-state index is 0. The average molecular weight is 413 g/mol. The summed E-state index contributed by atoms with van der Waals surface area (Å²) in [5.74, 6) is 0.999. The fraction of sp³-hybridized carbons (Fsp3) is 0.185. The summed E-state index contributed by atoms with van der Waals surface area (Å²) in [5, 5.41) is 0. The van der Waals surface area contributed by atoms with E-state index in [9.17, 15) is 0 Å². The zero-order chi connectivity index (χ0) is 18.4. The van der Waals surface area contributed by atoms with Gasteiger partial charge in [0.2, 0.25) is 0 Å². The molecule has 0 saturated heterocycles. The van der Waals surface area contributed by atoms with Gasteiger partial charge >= 0.3 is 0 Å². The molecule has 0 bridgehead atoms. The van der Waals surface area contributed by atoms with Gasteiger partial charge < -0.3 is 0 Å². The zero-order valence-corrected chi connectivity index (χ0v) is 19.5. The number of fused-ring (bicyclic) bond motifs is 4. The molecule has 0 heterocycles. The number of rotatable bonds is 3. The van der Waals surface area contributed by atoms with E-state index < -0.39 is 0 Å². The van der Waals surface area contributed by atoms with Crippen molar-refractivity contribution in [2.75, 3.05) is 0 Å². The van der Waals surface area contributed by atoms with Gasteiger partial charge in [-0.3, -0.25) is 0 Å². The molecule has 2 aromatic carbocycles. The van der Waals surface area contributed by atoms with Crippen molar-refractivity contribution in [2.45, 2.75) is 26.2 Å². The summed E-state index contributed by atoms with van der Waals surface area (Å²) in [6.45, 7) is 4.37. The van der Waals surface area contributed by atoms with E-state index in [0.29, 0.717) is 11.8 Å². The number of allylic oxidation sites excluding steroid dienone is 10. The number of hydrogen-bond donors (Lipinski definition) is 0. The van der Waals surface area contributed by atoms with E-state index in [4.69, 9.17) is 0 Å². The van der Waals surface area contributed by atoms with Crippen LogP contribution >= 0.6 is 0 Å². The molecule has 0 nitrogen and oxygen atoms in total. The summed E-state index contributed by atoms with van der Waals surface area (Å²) >= 11 is 0. The maximum atomic E-state index is 3.19. The molecule has 5 rings (SSSR count). The van der Waals surface area contributed by atoms with Crippen LogP contribution in [0.3, 0.4) is 0 Å². The summed E-state index contributed by atoms with van der Waals surface area (Å²) in [6.07, 6.45) is 12.8. The third kappa shape index (κ3) is 3.23. The van der Waals surface area contributed by atoms with E-state index in [1.54, 1.807) is 0 Å². The second-order valence-electron chi connectivity index (χ2n) is 7.66. The summed E-state index contributed by atoms with van der Waals surface area (Å²) in [4.78, 5) is 0. The Balaban J connectivity index is 0.00000192. The minimum absolute atomic E-state index is 0. The van der Waals surface area contributed by atoms with Gasteiger partial charge in [-0.2, -0.15) is 30.3 Å². The Kier molecular flexibility index (Phi) is 5.22. The molecule has 0 saturated carbocycles. The van der Waals surface area contributed by atoms with Crippen LogP contribution in [0, 0.1) is 12.0 Å². The van der Waals surface area contributed by atoms with Gasteiger partial charge in [-0.1, -0.05) is 67.1 Å². The molecule has 0 N–H and O–H groups in total. The molecule has 2 aromatic rings. The van der Waals surface area contributed by atoms with Gasteiger partial charge in [0.1, 0.15) is 0 Å². The van der Waals surface area contributed by atoms with Crippen molar-refractivity contribution >= 4 is 11.1 Å². The minimum Gasteiger partial charge on any atom is -0.183 e. The van der Waals surface area contributed by atoms with E-state index >= 15 is 0 Å². The smallest absolute Gasteiger partial charge is 0.0211 e. The van der Waals surface area contributed by atoms with Crippen LogP contribution in [0.1, 0.15) is 42.9 Å². The molecular formula is C27H23Zn-. The molecule has 0 radical (unpaired) electrons. The van der Waals surface area contributed by atoms with Crippen LogP contribution in [0.2, 0.25) is 0 Å². The predicted octanol–water partition coefficient (Wildman–Crippen LogP) is 6.90. The molecule has 1 unspecified atom stereocenters. The fourth-order valence-corrected chi connectivity index (χ4v) is 4.55. The first-order chi connectivity index (χ1) is 13.3. The van der Waals surface area contributed by atoms with E-state index in [1.807, 2.05) is 6.07 Å². The number of hydrogen-bond acceptors (Lipinski definition) is 0. The summed E-state index contributed by atoms with van der Waals surface area (Å²) < 4.78 is 0. The Hall–Kier alpha value is -2.24. The van der Waals surface area contributed by atoms with Crippen LogP contribution in [-0.2, 0) is 19.5 Å². The van der Waals surface area contributed by atoms with Crippen molar-refractivity contribution in [2.24, 2.45) is 5.92 Å². The molecule has 134 valence electrons. The van der Waals surface area contributed by atoms with Crippen molar-refractivity contribution < 1.29 is 19.5 Å². The molecule has 0 amide bonds. The van der Waals surface area contributed by atoms with E-state index in [1.165, 1.54) is 44.6 Å². The molecule has 2 atom stereocenters. The summed E-state index contributed by atoms with van der Waals surface area (Å²) in [7, 11) is 0. The Labute approximate surface area is 180 Å². The summed E-state index contributed by atoms with van der Waals surface area (Å²) in [6, 6.07) is 20.4. The standard InChI is InChI=1S/C27H23.Zn/c1-3-19(15-18(2)20-9-5-4-6-10-20)25-17-22-14-13-21-16-26(21)27(22)24-12-8-7-11-23(24)25;/h3-5,7-16,21,25H,17H2,1-2H3;/q-1;/b18-15+,19-3+;/t21?,25-;/m1./s1. The third-order valence-electron chi connectivity index (χ3n) is 6.03. The zero-order valence-electron chi connectivity index (χ0n) is 16.6. The van der Waals surface area contributed by atoms with Gasteiger partial charge in [0.15, 0.2) is 0 Å². The molecule has 1 heteroatoms. The van der Waals surface area contributed by atoms with Crippen molar-refractivity contribution in [3.63, 3.8) is 0 Å². The molecule has 0 aliphatic heterocycles. The van der Waals surface area contributed by atoms with Crippen LogP contribution in [0.25, 0.3) is 11.1 Å².